The number of benzene rings is 1. The van der Waals surface area contributed by atoms with E-state index in [0.717, 1.165) is 54.2 Å². The van der Waals surface area contributed by atoms with E-state index in [1.807, 2.05) is 19.1 Å². The molecular formula is C18H23N7. The number of imidazole rings is 1. The minimum Gasteiger partial charge on any atom is -0.356 e. The van der Waals surface area contributed by atoms with Crippen molar-refractivity contribution in [2.24, 2.45) is 5.73 Å². The molecule has 0 radical (unpaired) electrons. The van der Waals surface area contributed by atoms with Crippen LogP contribution >= 0.6 is 0 Å². The number of aromatic nitrogens is 4. The zero-order valence-corrected chi connectivity index (χ0v) is 14.4. The van der Waals surface area contributed by atoms with Crippen LogP contribution in [0.5, 0.6) is 0 Å². The fraction of sp³-hybridized carbons (Fsp3) is 0.389. The Bertz CT molecular complexity index is 865. The molecule has 2 aromatic heterocycles. The van der Waals surface area contributed by atoms with Gasteiger partial charge in [0.2, 0.25) is 5.95 Å². The number of nitrogens with zero attached hydrogens (tertiary/aromatic N) is 4. The summed E-state index contributed by atoms with van der Waals surface area (Å²) in [4.78, 5) is 18.9. The molecule has 0 aliphatic carbocycles. The van der Waals surface area contributed by atoms with E-state index in [0.29, 0.717) is 18.5 Å². The first-order chi connectivity index (χ1) is 12.2. The number of nitrogens with two attached hydrogens (primary N) is 1. The molecule has 0 atom stereocenters. The van der Waals surface area contributed by atoms with Gasteiger partial charge in [-0.3, -0.25) is 0 Å². The average Bonchev–Trinajstić information content (AvgIpc) is 3.00. The van der Waals surface area contributed by atoms with Crippen LogP contribution in [0.4, 0.5) is 11.8 Å². The van der Waals surface area contributed by atoms with Crippen LogP contribution in [0.2, 0.25) is 0 Å². The Balaban J connectivity index is 1.44. The second-order valence-corrected chi connectivity index (χ2v) is 6.59. The van der Waals surface area contributed by atoms with Crippen LogP contribution in [0.25, 0.3) is 11.0 Å². The number of aromatic amines is 1. The van der Waals surface area contributed by atoms with Crippen LogP contribution < -0.4 is 16.0 Å². The van der Waals surface area contributed by atoms with Crippen molar-refractivity contribution in [3.8, 4) is 0 Å². The molecule has 0 spiro atoms. The Kier molecular flexibility index (Phi) is 4.23. The Labute approximate surface area is 146 Å². The lowest BCUT2D eigenvalue weighted by molar-refractivity contribution is 0.498. The SMILES string of the molecule is Cc1nc2ccc(CNc3nccc(N4CCC(N)CC4)n3)cc2[nH]1. The number of anilines is 2. The van der Waals surface area contributed by atoms with E-state index in [9.17, 15) is 0 Å². The van der Waals surface area contributed by atoms with Crippen molar-refractivity contribution in [3.63, 3.8) is 0 Å². The number of nitrogens with one attached hydrogen (secondary N) is 2. The van der Waals surface area contributed by atoms with E-state index in [2.05, 4.69) is 42.3 Å². The molecule has 3 heterocycles. The molecule has 3 aromatic rings. The topological polar surface area (TPSA) is 95.8 Å². The number of piperidine rings is 1. The summed E-state index contributed by atoms with van der Waals surface area (Å²) in [6.07, 6.45) is 3.83. The van der Waals surface area contributed by atoms with E-state index in [1.54, 1.807) is 6.20 Å². The Hall–Kier alpha value is -2.67. The molecule has 0 amide bonds. The van der Waals surface area contributed by atoms with Gasteiger partial charge < -0.3 is 20.9 Å². The van der Waals surface area contributed by atoms with Crippen LogP contribution in [0, 0.1) is 6.92 Å². The summed E-state index contributed by atoms with van der Waals surface area (Å²) in [7, 11) is 0. The molecule has 25 heavy (non-hydrogen) atoms. The van der Waals surface area contributed by atoms with Gasteiger partial charge in [0, 0.05) is 31.9 Å². The standard InChI is InChI=1S/C18H23N7/c1-12-22-15-3-2-13(10-16(15)23-12)11-21-18-20-7-4-17(24-18)25-8-5-14(19)6-9-25/h2-4,7,10,14H,5-6,8-9,11,19H2,1H3,(H,22,23)(H,20,21,24). The van der Waals surface area contributed by atoms with Crippen molar-refractivity contribution in [1.82, 2.24) is 19.9 Å². The molecule has 1 aliphatic rings. The van der Waals surface area contributed by atoms with E-state index < -0.39 is 0 Å². The van der Waals surface area contributed by atoms with Crippen LogP contribution in [0.15, 0.2) is 30.5 Å². The molecule has 4 rings (SSSR count). The molecule has 1 aromatic carbocycles. The second kappa shape index (κ2) is 6.68. The van der Waals surface area contributed by atoms with E-state index in [-0.39, 0.29) is 0 Å². The van der Waals surface area contributed by atoms with E-state index in [1.165, 1.54) is 0 Å². The first-order valence-corrected chi connectivity index (χ1v) is 8.70. The molecule has 1 saturated heterocycles. The summed E-state index contributed by atoms with van der Waals surface area (Å²) in [5, 5.41) is 3.31. The van der Waals surface area contributed by atoms with Crippen molar-refractivity contribution in [2.75, 3.05) is 23.3 Å². The number of hydrogen-bond donors (Lipinski definition) is 3. The van der Waals surface area contributed by atoms with Crippen molar-refractivity contribution >= 4 is 22.8 Å². The molecule has 7 heteroatoms. The van der Waals surface area contributed by atoms with Gasteiger partial charge in [0.1, 0.15) is 11.6 Å². The minimum atomic E-state index is 0.316. The number of rotatable bonds is 4. The largest absolute Gasteiger partial charge is 0.356 e. The van der Waals surface area contributed by atoms with Crippen molar-refractivity contribution in [3.05, 3.63) is 41.9 Å². The molecule has 1 fully saturated rings. The highest BCUT2D eigenvalue weighted by molar-refractivity contribution is 5.75. The number of hydrogen-bond acceptors (Lipinski definition) is 6. The van der Waals surface area contributed by atoms with Gasteiger partial charge >= 0.3 is 0 Å². The van der Waals surface area contributed by atoms with Crippen LogP contribution in [-0.2, 0) is 6.54 Å². The van der Waals surface area contributed by atoms with Gasteiger partial charge in [0.05, 0.1) is 11.0 Å². The third kappa shape index (κ3) is 3.56. The molecule has 1 aliphatic heterocycles. The molecule has 0 unspecified atom stereocenters. The lowest BCUT2D eigenvalue weighted by Crippen LogP contribution is -2.40. The average molecular weight is 337 g/mol. The van der Waals surface area contributed by atoms with Gasteiger partial charge in [0.15, 0.2) is 0 Å². The summed E-state index contributed by atoms with van der Waals surface area (Å²) >= 11 is 0. The van der Waals surface area contributed by atoms with Gasteiger partial charge in [-0.15, -0.1) is 0 Å². The van der Waals surface area contributed by atoms with E-state index >= 15 is 0 Å². The maximum atomic E-state index is 5.98. The highest BCUT2D eigenvalue weighted by atomic mass is 15.2. The fourth-order valence-electron chi connectivity index (χ4n) is 3.21. The summed E-state index contributed by atoms with van der Waals surface area (Å²) in [6.45, 7) is 4.54. The molecule has 0 saturated carbocycles. The molecule has 0 bridgehead atoms. The van der Waals surface area contributed by atoms with Gasteiger partial charge in [0.25, 0.3) is 0 Å². The molecular weight excluding hydrogens is 314 g/mol. The van der Waals surface area contributed by atoms with Crippen molar-refractivity contribution in [1.29, 1.82) is 0 Å². The summed E-state index contributed by atoms with van der Waals surface area (Å²) in [6, 6.07) is 8.49. The zero-order valence-electron chi connectivity index (χ0n) is 14.4. The summed E-state index contributed by atoms with van der Waals surface area (Å²) in [5.74, 6) is 2.54. The maximum Gasteiger partial charge on any atom is 0.224 e. The minimum absolute atomic E-state index is 0.316. The molecule has 4 N–H and O–H groups in total. The smallest absolute Gasteiger partial charge is 0.224 e. The quantitative estimate of drug-likeness (QED) is 0.675. The second-order valence-electron chi connectivity index (χ2n) is 6.59. The maximum absolute atomic E-state index is 5.98. The third-order valence-corrected chi connectivity index (χ3v) is 4.62. The Morgan fingerprint density at radius 2 is 2.08 bits per heavy atom. The van der Waals surface area contributed by atoms with Gasteiger partial charge in [-0.2, -0.15) is 4.98 Å². The normalized spacial score (nSPS) is 15.7. The third-order valence-electron chi connectivity index (χ3n) is 4.62. The van der Waals surface area contributed by atoms with Gasteiger partial charge in [-0.25, -0.2) is 9.97 Å². The molecule has 130 valence electrons. The molecule has 7 nitrogen and oxygen atoms in total. The van der Waals surface area contributed by atoms with Crippen molar-refractivity contribution < 1.29 is 0 Å². The van der Waals surface area contributed by atoms with Crippen LogP contribution in [0.3, 0.4) is 0 Å². The zero-order chi connectivity index (χ0) is 17.2. The fourth-order valence-corrected chi connectivity index (χ4v) is 3.21. The monoisotopic (exact) mass is 337 g/mol. The van der Waals surface area contributed by atoms with Gasteiger partial charge in [-0.1, -0.05) is 6.07 Å². The van der Waals surface area contributed by atoms with Crippen LogP contribution in [0.1, 0.15) is 24.2 Å². The first-order valence-electron chi connectivity index (χ1n) is 8.70. The van der Waals surface area contributed by atoms with E-state index in [4.69, 9.17) is 5.73 Å². The Morgan fingerprint density at radius 3 is 2.92 bits per heavy atom. The lowest BCUT2D eigenvalue weighted by Gasteiger charge is -2.31. The summed E-state index contributed by atoms with van der Waals surface area (Å²) in [5.41, 5.74) is 9.18. The van der Waals surface area contributed by atoms with Gasteiger partial charge in [-0.05, 0) is 43.5 Å². The highest BCUT2D eigenvalue weighted by Crippen LogP contribution is 2.18. The highest BCUT2D eigenvalue weighted by Gasteiger charge is 2.17. The predicted octanol–water partition coefficient (Wildman–Crippen LogP) is 2.20. The first kappa shape index (κ1) is 15.8. The number of aryl methyl sites for hydroxylation is 1. The van der Waals surface area contributed by atoms with Crippen molar-refractivity contribution in [2.45, 2.75) is 32.4 Å². The lowest BCUT2D eigenvalue weighted by atomic mass is 10.1. The number of H-pyrrole nitrogens is 1. The number of fused-ring (bicyclic) bond motifs is 1. The summed E-state index contributed by atoms with van der Waals surface area (Å²) < 4.78 is 0. The Morgan fingerprint density at radius 1 is 1.24 bits per heavy atom. The predicted molar refractivity (Wildman–Crippen MR) is 99.6 cm³/mol. The van der Waals surface area contributed by atoms with Crippen LogP contribution in [-0.4, -0.2) is 39.1 Å².